The van der Waals surface area contributed by atoms with Gasteiger partial charge in [0.2, 0.25) is 0 Å². The van der Waals surface area contributed by atoms with Crippen molar-refractivity contribution in [3.8, 4) is 0 Å². The summed E-state index contributed by atoms with van der Waals surface area (Å²) in [5, 5.41) is 2.78. The Kier molecular flexibility index (Phi) is 5.49. The lowest BCUT2D eigenvalue weighted by atomic mass is 10.1. The van der Waals surface area contributed by atoms with Gasteiger partial charge in [-0.3, -0.25) is 19.3 Å². The molecule has 1 aliphatic heterocycles. The van der Waals surface area contributed by atoms with Crippen LogP contribution in [0, 0.1) is 0 Å². The van der Waals surface area contributed by atoms with Crippen LogP contribution in [-0.4, -0.2) is 42.9 Å². The van der Waals surface area contributed by atoms with Crippen molar-refractivity contribution < 1.29 is 19.1 Å². The van der Waals surface area contributed by atoms with E-state index in [1.807, 2.05) is 18.2 Å². The van der Waals surface area contributed by atoms with Crippen molar-refractivity contribution in [1.29, 1.82) is 0 Å². The molecule has 26 heavy (non-hydrogen) atoms. The Hall–Kier alpha value is -2.51. The number of rotatable bonds is 6. The fourth-order valence-corrected chi connectivity index (χ4v) is 3.14. The van der Waals surface area contributed by atoms with E-state index in [0.717, 1.165) is 4.47 Å². The lowest BCUT2D eigenvalue weighted by molar-refractivity contribution is 0.0638. The van der Waals surface area contributed by atoms with E-state index in [1.54, 1.807) is 19.2 Å². The average Bonchev–Trinajstić information content (AvgIpc) is 2.88. The van der Waals surface area contributed by atoms with E-state index in [4.69, 9.17) is 4.74 Å². The molecule has 0 saturated carbocycles. The topological polar surface area (TPSA) is 75.7 Å². The van der Waals surface area contributed by atoms with Gasteiger partial charge in [-0.2, -0.15) is 0 Å². The highest BCUT2D eigenvalue weighted by Crippen LogP contribution is 2.26. The molecule has 0 atom stereocenters. The van der Waals surface area contributed by atoms with Gasteiger partial charge in [-0.25, -0.2) is 0 Å². The molecule has 2 aromatic carbocycles. The first-order chi connectivity index (χ1) is 12.5. The van der Waals surface area contributed by atoms with E-state index in [9.17, 15) is 14.4 Å². The minimum atomic E-state index is -0.378. The maximum absolute atomic E-state index is 12.5. The third kappa shape index (κ3) is 3.54. The molecule has 0 radical (unpaired) electrons. The summed E-state index contributed by atoms with van der Waals surface area (Å²) in [6, 6.07) is 11.8. The molecule has 1 N–H and O–H groups in total. The van der Waals surface area contributed by atoms with Crippen LogP contribution in [0.15, 0.2) is 46.9 Å². The minimum Gasteiger partial charge on any atom is -0.385 e. The highest BCUT2D eigenvalue weighted by molar-refractivity contribution is 9.10. The molecule has 3 rings (SSSR count). The number of anilines is 1. The van der Waals surface area contributed by atoms with E-state index in [-0.39, 0.29) is 23.3 Å². The van der Waals surface area contributed by atoms with Gasteiger partial charge < -0.3 is 10.1 Å². The molecule has 0 unspecified atom stereocenters. The Morgan fingerprint density at radius 3 is 2.58 bits per heavy atom. The minimum absolute atomic E-state index is 0.257. The van der Waals surface area contributed by atoms with Crippen molar-refractivity contribution >= 4 is 39.3 Å². The SMILES string of the molecule is COCCCN1C(=O)c2ccc(C(=O)Nc3ccccc3Br)cc2C1=O. The molecule has 1 aliphatic rings. The second-order valence-corrected chi connectivity index (χ2v) is 6.66. The fraction of sp³-hybridized carbons (Fsp3) is 0.211. The Morgan fingerprint density at radius 1 is 1.12 bits per heavy atom. The first kappa shape index (κ1) is 18.3. The number of imide groups is 1. The predicted octanol–water partition coefficient (Wildman–Crippen LogP) is 3.33. The van der Waals surface area contributed by atoms with Crippen molar-refractivity contribution in [2.24, 2.45) is 0 Å². The maximum Gasteiger partial charge on any atom is 0.261 e. The van der Waals surface area contributed by atoms with Crippen LogP contribution in [0.5, 0.6) is 0 Å². The molecule has 2 aromatic rings. The molecular formula is C19H17BrN2O4. The first-order valence-corrected chi connectivity index (χ1v) is 8.87. The third-order valence-corrected chi connectivity index (χ3v) is 4.78. The largest absolute Gasteiger partial charge is 0.385 e. The number of amides is 3. The standard InChI is InChI=1S/C19H17BrN2O4/c1-26-10-4-9-22-18(24)13-8-7-12(11-14(13)19(22)25)17(23)21-16-6-3-2-5-15(16)20/h2-3,5-8,11H,4,9-10H2,1H3,(H,21,23). The van der Waals surface area contributed by atoms with Crippen LogP contribution in [-0.2, 0) is 4.74 Å². The van der Waals surface area contributed by atoms with Gasteiger partial charge in [0.25, 0.3) is 17.7 Å². The van der Waals surface area contributed by atoms with E-state index in [0.29, 0.717) is 36.4 Å². The molecule has 0 bridgehead atoms. The average molecular weight is 417 g/mol. The maximum atomic E-state index is 12.5. The quantitative estimate of drug-likeness (QED) is 0.578. The van der Waals surface area contributed by atoms with Gasteiger partial charge in [-0.15, -0.1) is 0 Å². The zero-order valence-corrected chi connectivity index (χ0v) is 15.7. The molecule has 0 fully saturated rings. The van der Waals surface area contributed by atoms with Gasteiger partial charge in [-0.1, -0.05) is 12.1 Å². The number of carbonyl (C=O) groups is 3. The molecule has 3 amide bonds. The van der Waals surface area contributed by atoms with Crippen LogP contribution >= 0.6 is 15.9 Å². The number of para-hydroxylation sites is 1. The lowest BCUT2D eigenvalue weighted by Crippen LogP contribution is -2.31. The zero-order valence-electron chi connectivity index (χ0n) is 14.1. The third-order valence-electron chi connectivity index (χ3n) is 4.09. The summed E-state index contributed by atoms with van der Waals surface area (Å²) >= 11 is 3.37. The fourth-order valence-electron chi connectivity index (χ4n) is 2.76. The van der Waals surface area contributed by atoms with Crippen molar-refractivity contribution in [3.05, 3.63) is 63.6 Å². The number of hydrogen-bond acceptors (Lipinski definition) is 4. The summed E-state index contributed by atoms with van der Waals surface area (Å²) in [5.41, 5.74) is 1.53. The van der Waals surface area contributed by atoms with Crippen LogP contribution in [0.3, 0.4) is 0 Å². The molecule has 1 heterocycles. The Balaban J connectivity index is 1.80. The molecule has 0 aromatic heterocycles. The van der Waals surface area contributed by atoms with Gasteiger partial charge in [0.1, 0.15) is 0 Å². The predicted molar refractivity (Wildman–Crippen MR) is 100 cm³/mol. The molecular weight excluding hydrogens is 400 g/mol. The van der Waals surface area contributed by atoms with Crippen LogP contribution in [0.4, 0.5) is 5.69 Å². The number of benzene rings is 2. The molecule has 7 heteroatoms. The summed E-state index contributed by atoms with van der Waals surface area (Å²) in [6.45, 7) is 0.756. The monoisotopic (exact) mass is 416 g/mol. The van der Waals surface area contributed by atoms with E-state index in [1.165, 1.54) is 17.0 Å². The summed E-state index contributed by atoms with van der Waals surface area (Å²) in [7, 11) is 1.57. The van der Waals surface area contributed by atoms with Crippen molar-refractivity contribution in [2.75, 3.05) is 25.6 Å². The summed E-state index contributed by atoms with van der Waals surface area (Å²) in [6.07, 6.45) is 0.567. The second kappa shape index (κ2) is 7.80. The Morgan fingerprint density at radius 2 is 1.85 bits per heavy atom. The molecule has 0 saturated heterocycles. The number of nitrogens with zero attached hydrogens (tertiary/aromatic N) is 1. The van der Waals surface area contributed by atoms with Gasteiger partial charge in [0.05, 0.1) is 16.8 Å². The summed E-state index contributed by atoms with van der Waals surface area (Å²) in [5.74, 6) is -1.06. The van der Waals surface area contributed by atoms with Crippen LogP contribution in [0.2, 0.25) is 0 Å². The number of hydrogen-bond donors (Lipinski definition) is 1. The Labute approximate surface area is 159 Å². The number of halogens is 1. The number of nitrogens with one attached hydrogen (secondary N) is 1. The summed E-state index contributed by atoms with van der Waals surface area (Å²) < 4.78 is 5.71. The molecule has 0 spiro atoms. The number of carbonyl (C=O) groups excluding carboxylic acids is 3. The highest BCUT2D eigenvalue weighted by Gasteiger charge is 2.35. The highest BCUT2D eigenvalue weighted by atomic mass is 79.9. The van der Waals surface area contributed by atoms with Gasteiger partial charge >= 0.3 is 0 Å². The lowest BCUT2D eigenvalue weighted by Gasteiger charge is -2.12. The first-order valence-electron chi connectivity index (χ1n) is 8.08. The van der Waals surface area contributed by atoms with Gasteiger partial charge in [0, 0.05) is 30.3 Å². The zero-order chi connectivity index (χ0) is 18.7. The molecule has 134 valence electrons. The van der Waals surface area contributed by atoms with Gasteiger partial charge in [-0.05, 0) is 52.7 Å². The number of ether oxygens (including phenoxy) is 1. The van der Waals surface area contributed by atoms with Crippen LogP contribution in [0.1, 0.15) is 37.5 Å². The Bertz CT molecular complexity index is 882. The smallest absolute Gasteiger partial charge is 0.261 e. The number of methoxy groups -OCH3 is 1. The van der Waals surface area contributed by atoms with Crippen molar-refractivity contribution in [1.82, 2.24) is 4.90 Å². The summed E-state index contributed by atoms with van der Waals surface area (Å²) in [4.78, 5) is 38.6. The molecule has 6 nitrogen and oxygen atoms in total. The van der Waals surface area contributed by atoms with E-state index in [2.05, 4.69) is 21.2 Å². The van der Waals surface area contributed by atoms with E-state index >= 15 is 0 Å². The van der Waals surface area contributed by atoms with Crippen LogP contribution < -0.4 is 5.32 Å². The number of fused-ring (bicyclic) bond motifs is 1. The van der Waals surface area contributed by atoms with E-state index < -0.39 is 0 Å². The second-order valence-electron chi connectivity index (χ2n) is 5.80. The van der Waals surface area contributed by atoms with Gasteiger partial charge in [0.15, 0.2) is 0 Å². The van der Waals surface area contributed by atoms with Crippen LogP contribution in [0.25, 0.3) is 0 Å². The molecule has 0 aliphatic carbocycles. The van der Waals surface area contributed by atoms with Crippen molar-refractivity contribution in [2.45, 2.75) is 6.42 Å². The van der Waals surface area contributed by atoms with Crippen molar-refractivity contribution in [3.63, 3.8) is 0 Å². The normalized spacial score (nSPS) is 13.1.